The Labute approximate surface area is 143 Å². The summed E-state index contributed by atoms with van der Waals surface area (Å²) in [5.41, 5.74) is -1.38. The molecule has 0 fully saturated rings. The molecule has 0 N–H and O–H groups in total. The van der Waals surface area contributed by atoms with E-state index in [2.05, 4.69) is 33.7 Å². The summed E-state index contributed by atoms with van der Waals surface area (Å²) in [7, 11) is 0. The summed E-state index contributed by atoms with van der Waals surface area (Å²) in [5.74, 6) is -2.36. The Kier molecular flexibility index (Phi) is 9.42. The predicted octanol–water partition coefficient (Wildman–Crippen LogP) is 3.45. The highest BCUT2D eigenvalue weighted by Crippen LogP contribution is 2.29. The molecule has 2 atom stereocenters. The van der Waals surface area contributed by atoms with Gasteiger partial charge < -0.3 is 0 Å². The second kappa shape index (κ2) is 9.93. The Morgan fingerprint density at radius 1 is 0.875 bits per heavy atom. The number of carbonyl (C=O) groups is 2. The van der Waals surface area contributed by atoms with E-state index >= 15 is 0 Å². The van der Waals surface area contributed by atoms with Crippen molar-refractivity contribution in [1.82, 2.24) is 0 Å². The maximum atomic E-state index is 11.4. The zero-order valence-corrected chi connectivity index (χ0v) is 15.8. The van der Waals surface area contributed by atoms with Crippen LogP contribution in [0.5, 0.6) is 0 Å². The van der Waals surface area contributed by atoms with Crippen LogP contribution >= 0.6 is 0 Å². The van der Waals surface area contributed by atoms with Gasteiger partial charge in [0.25, 0.3) is 0 Å². The van der Waals surface area contributed by atoms with E-state index in [0.29, 0.717) is 12.3 Å². The highest BCUT2D eigenvalue weighted by atomic mass is 17.5. The van der Waals surface area contributed by atoms with Gasteiger partial charge >= 0.3 is 11.9 Å². The van der Waals surface area contributed by atoms with Crippen molar-refractivity contribution in [2.75, 3.05) is 0 Å². The fourth-order valence-corrected chi connectivity index (χ4v) is 1.52. The van der Waals surface area contributed by atoms with Crippen LogP contribution in [0.25, 0.3) is 0 Å². The largest absolute Gasteiger partial charge is 0.456 e. The van der Waals surface area contributed by atoms with Gasteiger partial charge in [-0.05, 0) is 56.0 Å². The van der Waals surface area contributed by atoms with Crippen LogP contribution in [0, 0.1) is 11.8 Å². The zero-order chi connectivity index (χ0) is 19.0. The molecule has 0 radical (unpaired) electrons. The first-order valence-electron chi connectivity index (χ1n) is 8.09. The van der Waals surface area contributed by atoms with Crippen LogP contribution in [0.1, 0.15) is 68.2 Å². The maximum absolute atomic E-state index is 11.4. The standard InChI is InChI=1S/C16H30O8/c1-9-11(3)12(4)16(7,8)22-24-20-14(18)13(17)19-23-21-15(5,6)10-2/h11-12H,9-10H2,1-8H3. The van der Waals surface area contributed by atoms with Gasteiger partial charge in [-0.3, -0.25) is 9.78 Å². The van der Waals surface area contributed by atoms with Crippen LogP contribution in [-0.4, -0.2) is 23.1 Å². The molecule has 0 aliphatic heterocycles. The van der Waals surface area contributed by atoms with Crippen LogP contribution < -0.4 is 0 Å². The molecule has 0 aromatic rings. The van der Waals surface area contributed by atoms with E-state index in [4.69, 9.17) is 9.78 Å². The van der Waals surface area contributed by atoms with E-state index in [1.54, 1.807) is 27.7 Å². The van der Waals surface area contributed by atoms with Crippen molar-refractivity contribution in [3.63, 3.8) is 0 Å². The average Bonchev–Trinajstić information content (AvgIpc) is 2.52. The molecule has 0 aromatic heterocycles. The maximum Gasteiger partial charge on any atom is 0.456 e. The van der Waals surface area contributed by atoms with Gasteiger partial charge in [0, 0.05) is 0 Å². The van der Waals surface area contributed by atoms with E-state index in [1.807, 2.05) is 13.8 Å². The summed E-state index contributed by atoms with van der Waals surface area (Å²) >= 11 is 0. The molecule has 0 saturated heterocycles. The smallest absolute Gasteiger partial charge is 0.255 e. The van der Waals surface area contributed by atoms with Crippen LogP contribution in [0.3, 0.4) is 0 Å². The Bertz CT molecular complexity index is 405. The fraction of sp³-hybridized carbons (Fsp3) is 0.875. The van der Waals surface area contributed by atoms with Gasteiger partial charge in [-0.2, -0.15) is 9.78 Å². The second-order valence-electron chi connectivity index (χ2n) is 6.94. The second-order valence-corrected chi connectivity index (χ2v) is 6.94. The molecule has 8 nitrogen and oxygen atoms in total. The lowest BCUT2D eigenvalue weighted by Gasteiger charge is -2.32. The van der Waals surface area contributed by atoms with Gasteiger partial charge in [0.1, 0.15) is 11.2 Å². The highest BCUT2D eigenvalue weighted by molar-refractivity contribution is 6.29. The van der Waals surface area contributed by atoms with Gasteiger partial charge in [-0.25, -0.2) is 9.59 Å². The zero-order valence-electron chi connectivity index (χ0n) is 15.8. The van der Waals surface area contributed by atoms with Crippen LogP contribution in [-0.2, 0) is 39.2 Å². The van der Waals surface area contributed by atoms with Gasteiger partial charge in [0.05, 0.1) is 0 Å². The summed E-state index contributed by atoms with van der Waals surface area (Å²) in [5, 5.41) is 8.68. The summed E-state index contributed by atoms with van der Waals surface area (Å²) in [6, 6.07) is 0. The molecule has 0 heterocycles. The molecule has 0 aliphatic rings. The lowest BCUT2D eigenvalue weighted by atomic mass is 9.81. The Balaban J connectivity index is 4.18. The third-order valence-electron chi connectivity index (χ3n) is 4.34. The molecule has 2 unspecified atom stereocenters. The lowest BCUT2D eigenvalue weighted by molar-refractivity contribution is -0.528. The number of carbonyl (C=O) groups excluding carboxylic acids is 2. The number of hydrogen-bond acceptors (Lipinski definition) is 8. The third-order valence-corrected chi connectivity index (χ3v) is 4.34. The first kappa shape index (κ1) is 22.8. The van der Waals surface area contributed by atoms with E-state index in [9.17, 15) is 9.59 Å². The predicted molar refractivity (Wildman–Crippen MR) is 83.6 cm³/mol. The highest BCUT2D eigenvalue weighted by Gasteiger charge is 2.33. The molecule has 0 bridgehead atoms. The van der Waals surface area contributed by atoms with E-state index in [1.165, 1.54) is 0 Å². The molecule has 142 valence electrons. The molecule has 0 saturated carbocycles. The van der Waals surface area contributed by atoms with Crippen molar-refractivity contribution in [2.24, 2.45) is 11.8 Å². The lowest BCUT2D eigenvalue weighted by Crippen LogP contribution is -2.37. The molecule has 0 amide bonds. The molecule has 8 heteroatoms. The minimum atomic E-state index is -1.43. The normalized spacial score (nSPS) is 14.8. The van der Waals surface area contributed by atoms with Gasteiger partial charge in [0.2, 0.25) is 0 Å². The van der Waals surface area contributed by atoms with E-state index in [0.717, 1.165) is 6.42 Å². The first-order chi connectivity index (χ1) is 11.0. The Morgan fingerprint density at radius 3 is 1.75 bits per heavy atom. The quantitative estimate of drug-likeness (QED) is 0.336. The molecule has 24 heavy (non-hydrogen) atoms. The summed E-state index contributed by atoms with van der Waals surface area (Å²) in [4.78, 5) is 41.0. The SMILES string of the molecule is CCC(C)C(C)C(C)(C)OOOC(=O)C(=O)OOOC(C)(C)CC. The number of rotatable bonds is 10. The topological polar surface area (TPSA) is 89.5 Å². The molecule has 0 rings (SSSR count). The molecular weight excluding hydrogens is 320 g/mol. The van der Waals surface area contributed by atoms with Crippen molar-refractivity contribution in [3.05, 3.63) is 0 Å². The van der Waals surface area contributed by atoms with Gasteiger partial charge in [-0.15, -0.1) is 0 Å². The molecule has 0 spiro atoms. The van der Waals surface area contributed by atoms with Gasteiger partial charge in [0.15, 0.2) is 0 Å². The molecular formula is C16H30O8. The third kappa shape index (κ3) is 8.05. The first-order valence-corrected chi connectivity index (χ1v) is 8.09. The van der Waals surface area contributed by atoms with Crippen molar-refractivity contribution >= 4 is 11.9 Å². The van der Waals surface area contributed by atoms with Crippen molar-refractivity contribution < 1.29 is 39.2 Å². The Morgan fingerprint density at radius 2 is 1.33 bits per heavy atom. The Hall–Kier alpha value is -1.22. The van der Waals surface area contributed by atoms with E-state index in [-0.39, 0.29) is 5.92 Å². The van der Waals surface area contributed by atoms with E-state index < -0.39 is 23.1 Å². The summed E-state index contributed by atoms with van der Waals surface area (Å²) < 4.78 is 0. The number of hydrogen-bond donors (Lipinski definition) is 0. The van der Waals surface area contributed by atoms with Crippen LogP contribution in [0.4, 0.5) is 0 Å². The van der Waals surface area contributed by atoms with Crippen LogP contribution in [0.15, 0.2) is 0 Å². The van der Waals surface area contributed by atoms with Crippen LogP contribution in [0.2, 0.25) is 0 Å². The fourth-order valence-electron chi connectivity index (χ4n) is 1.52. The van der Waals surface area contributed by atoms with Crippen molar-refractivity contribution in [2.45, 2.75) is 79.4 Å². The monoisotopic (exact) mass is 350 g/mol. The van der Waals surface area contributed by atoms with Crippen molar-refractivity contribution in [1.29, 1.82) is 0 Å². The average molecular weight is 350 g/mol. The molecule has 0 aromatic carbocycles. The van der Waals surface area contributed by atoms with Crippen molar-refractivity contribution in [3.8, 4) is 0 Å². The van der Waals surface area contributed by atoms with Gasteiger partial charge in [-0.1, -0.05) is 34.1 Å². The summed E-state index contributed by atoms with van der Waals surface area (Å²) in [6.45, 7) is 15.0. The minimum Gasteiger partial charge on any atom is -0.255 e. The minimum absolute atomic E-state index is 0.126. The summed E-state index contributed by atoms with van der Waals surface area (Å²) in [6.07, 6.45) is 1.57. The molecule has 0 aliphatic carbocycles.